The second-order valence-corrected chi connectivity index (χ2v) is 5.90. The van der Waals surface area contributed by atoms with E-state index in [1.54, 1.807) is 43.5 Å². The summed E-state index contributed by atoms with van der Waals surface area (Å²) in [6.45, 7) is 0. The SMILES string of the molecule is COc1ccc(/C=C/C(=O)Nc2ccc(SC(F)F)cc2)c(OC)c1. The minimum absolute atomic E-state index is 0.341. The first-order chi connectivity index (χ1) is 12.0. The summed E-state index contributed by atoms with van der Waals surface area (Å²) in [5.74, 6) is -1.58. The van der Waals surface area contributed by atoms with Gasteiger partial charge in [-0.1, -0.05) is 11.8 Å². The first-order valence-electron chi connectivity index (χ1n) is 7.28. The molecule has 0 heterocycles. The van der Waals surface area contributed by atoms with E-state index < -0.39 is 5.76 Å². The van der Waals surface area contributed by atoms with Crippen LogP contribution in [0.1, 0.15) is 5.56 Å². The van der Waals surface area contributed by atoms with E-state index in [4.69, 9.17) is 9.47 Å². The summed E-state index contributed by atoms with van der Waals surface area (Å²) in [7, 11) is 3.09. The van der Waals surface area contributed by atoms with E-state index in [2.05, 4.69) is 5.32 Å². The molecule has 0 aromatic heterocycles. The fraction of sp³-hybridized carbons (Fsp3) is 0.167. The third-order valence-electron chi connectivity index (χ3n) is 3.20. The Bertz CT molecular complexity index is 748. The molecule has 132 valence electrons. The molecule has 4 nitrogen and oxygen atoms in total. The lowest BCUT2D eigenvalue weighted by Crippen LogP contribution is -2.07. The number of hydrogen-bond donors (Lipinski definition) is 1. The minimum atomic E-state index is -2.47. The van der Waals surface area contributed by atoms with Crippen molar-refractivity contribution in [2.45, 2.75) is 10.7 Å². The Balaban J connectivity index is 2.01. The van der Waals surface area contributed by atoms with Crippen LogP contribution < -0.4 is 14.8 Å². The maximum Gasteiger partial charge on any atom is 0.288 e. The van der Waals surface area contributed by atoms with E-state index in [1.165, 1.54) is 25.3 Å². The molecule has 0 bridgehead atoms. The van der Waals surface area contributed by atoms with Crippen molar-refractivity contribution in [1.82, 2.24) is 0 Å². The zero-order valence-electron chi connectivity index (χ0n) is 13.7. The van der Waals surface area contributed by atoms with Crippen molar-refractivity contribution >= 4 is 29.4 Å². The number of methoxy groups -OCH3 is 2. The van der Waals surface area contributed by atoms with Gasteiger partial charge in [-0.15, -0.1) is 0 Å². The van der Waals surface area contributed by atoms with Crippen LogP contribution in [0.25, 0.3) is 6.08 Å². The van der Waals surface area contributed by atoms with Gasteiger partial charge in [-0.05, 0) is 42.5 Å². The van der Waals surface area contributed by atoms with E-state index in [1.807, 2.05) is 0 Å². The number of carbonyl (C=O) groups excluding carboxylic acids is 1. The number of hydrogen-bond acceptors (Lipinski definition) is 4. The van der Waals surface area contributed by atoms with Crippen LogP contribution in [0.4, 0.5) is 14.5 Å². The lowest BCUT2D eigenvalue weighted by atomic mass is 10.1. The molecule has 0 aliphatic heterocycles. The molecule has 2 rings (SSSR count). The van der Waals surface area contributed by atoms with Gasteiger partial charge in [-0.2, -0.15) is 8.78 Å². The number of amides is 1. The number of nitrogens with one attached hydrogen (secondary N) is 1. The zero-order valence-corrected chi connectivity index (χ0v) is 14.5. The van der Waals surface area contributed by atoms with Crippen LogP contribution in [-0.2, 0) is 4.79 Å². The summed E-state index contributed by atoms with van der Waals surface area (Å²) >= 11 is 0.456. The number of anilines is 1. The Morgan fingerprint density at radius 3 is 2.44 bits per heavy atom. The Kier molecular flexibility index (Phi) is 6.82. The number of benzene rings is 2. The highest BCUT2D eigenvalue weighted by Gasteiger charge is 2.06. The average molecular weight is 365 g/mol. The Morgan fingerprint density at radius 1 is 1.12 bits per heavy atom. The quantitative estimate of drug-likeness (QED) is 0.572. The molecule has 7 heteroatoms. The fourth-order valence-electron chi connectivity index (χ4n) is 2.03. The maximum atomic E-state index is 12.3. The summed E-state index contributed by atoms with van der Waals surface area (Å²) in [6, 6.07) is 11.5. The van der Waals surface area contributed by atoms with Crippen molar-refractivity contribution in [3.8, 4) is 11.5 Å². The highest BCUT2D eigenvalue weighted by molar-refractivity contribution is 7.99. The van der Waals surface area contributed by atoms with Crippen LogP contribution in [-0.4, -0.2) is 25.9 Å². The van der Waals surface area contributed by atoms with Crippen molar-refractivity contribution in [2.24, 2.45) is 0 Å². The third kappa shape index (κ3) is 5.79. The van der Waals surface area contributed by atoms with Crippen molar-refractivity contribution in [3.05, 3.63) is 54.1 Å². The predicted molar refractivity (Wildman–Crippen MR) is 95.5 cm³/mol. The lowest BCUT2D eigenvalue weighted by Gasteiger charge is -2.07. The largest absolute Gasteiger partial charge is 0.497 e. The second-order valence-electron chi connectivity index (χ2n) is 4.83. The highest BCUT2D eigenvalue weighted by atomic mass is 32.2. The smallest absolute Gasteiger partial charge is 0.288 e. The molecule has 0 radical (unpaired) electrons. The van der Waals surface area contributed by atoms with Crippen molar-refractivity contribution in [3.63, 3.8) is 0 Å². The van der Waals surface area contributed by atoms with Gasteiger partial charge in [-0.3, -0.25) is 4.79 Å². The third-order valence-corrected chi connectivity index (χ3v) is 3.92. The van der Waals surface area contributed by atoms with E-state index in [0.29, 0.717) is 33.8 Å². The van der Waals surface area contributed by atoms with Crippen molar-refractivity contribution in [1.29, 1.82) is 0 Å². The molecule has 0 saturated carbocycles. The number of halogens is 2. The van der Waals surface area contributed by atoms with Crippen molar-refractivity contribution in [2.75, 3.05) is 19.5 Å². The predicted octanol–water partition coefficient (Wildman–Crippen LogP) is 4.67. The minimum Gasteiger partial charge on any atom is -0.497 e. The number of ether oxygens (including phenoxy) is 2. The van der Waals surface area contributed by atoms with Gasteiger partial charge >= 0.3 is 0 Å². The Morgan fingerprint density at radius 2 is 1.84 bits per heavy atom. The van der Waals surface area contributed by atoms with E-state index >= 15 is 0 Å². The van der Waals surface area contributed by atoms with E-state index in [-0.39, 0.29) is 5.91 Å². The normalized spacial score (nSPS) is 10.9. The molecule has 0 atom stereocenters. The fourth-order valence-corrected chi connectivity index (χ4v) is 2.52. The van der Waals surface area contributed by atoms with E-state index in [9.17, 15) is 13.6 Å². The molecule has 0 spiro atoms. The molecule has 0 aliphatic carbocycles. The van der Waals surface area contributed by atoms with Gasteiger partial charge in [0.15, 0.2) is 0 Å². The highest BCUT2D eigenvalue weighted by Crippen LogP contribution is 2.27. The van der Waals surface area contributed by atoms with Crippen LogP contribution >= 0.6 is 11.8 Å². The summed E-state index contributed by atoms with van der Waals surface area (Å²) < 4.78 is 34.9. The molecule has 2 aromatic carbocycles. The maximum absolute atomic E-state index is 12.3. The average Bonchev–Trinajstić information content (AvgIpc) is 2.61. The van der Waals surface area contributed by atoms with Crippen LogP contribution in [0.15, 0.2) is 53.4 Å². The van der Waals surface area contributed by atoms with Gasteiger partial charge in [0.25, 0.3) is 5.76 Å². The summed E-state index contributed by atoms with van der Waals surface area (Å²) in [5, 5.41) is 2.66. The van der Waals surface area contributed by atoms with Crippen LogP contribution in [0.2, 0.25) is 0 Å². The summed E-state index contributed by atoms with van der Waals surface area (Å²) in [5.41, 5.74) is 1.25. The van der Waals surface area contributed by atoms with Gasteiger partial charge in [-0.25, -0.2) is 0 Å². The lowest BCUT2D eigenvalue weighted by molar-refractivity contribution is -0.111. The number of thioether (sulfide) groups is 1. The Labute approximate surface area is 148 Å². The molecular weight excluding hydrogens is 348 g/mol. The number of rotatable bonds is 7. The molecule has 2 aromatic rings. The van der Waals surface area contributed by atoms with Gasteiger partial charge in [0.1, 0.15) is 11.5 Å². The van der Waals surface area contributed by atoms with Gasteiger partial charge in [0.2, 0.25) is 5.91 Å². The van der Waals surface area contributed by atoms with Gasteiger partial charge in [0.05, 0.1) is 14.2 Å². The van der Waals surface area contributed by atoms with Crippen LogP contribution in [0, 0.1) is 0 Å². The monoisotopic (exact) mass is 365 g/mol. The number of alkyl halides is 2. The molecule has 25 heavy (non-hydrogen) atoms. The topological polar surface area (TPSA) is 47.6 Å². The van der Waals surface area contributed by atoms with E-state index in [0.717, 1.165) is 5.56 Å². The van der Waals surface area contributed by atoms with Gasteiger partial charge in [0, 0.05) is 28.3 Å². The molecule has 0 saturated heterocycles. The molecule has 0 aliphatic rings. The second kappa shape index (κ2) is 9.08. The molecular formula is C18H17F2NO3S. The number of carbonyl (C=O) groups is 1. The molecule has 1 N–H and O–H groups in total. The molecule has 0 fully saturated rings. The molecule has 1 amide bonds. The van der Waals surface area contributed by atoms with Crippen LogP contribution in [0.3, 0.4) is 0 Å². The van der Waals surface area contributed by atoms with Crippen molar-refractivity contribution < 1.29 is 23.0 Å². The zero-order chi connectivity index (χ0) is 18.2. The first-order valence-corrected chi connectivity index (χ1v) is 8.15. The van der Waals surface area contributed by atoms with Crippen LogP contribution in [0.5, 0.6) is 11.5 Å². The summed E-state index contributed by atoms with van der Waals surface area (Å²) in [6.07, 6.45) is 2.99. The first kappa shape index (κ1) is 18.8. The Hall–Kier alpha value is -2.54. The standard InChI is InChI=1S/C18H17F2NO3S/c1-23-14-7-3-12(16(11-14)24-2)4-10-17(22)21-13-5-8-15(9-6-13)25-18(19)20/h3-11,18H,1-2H3,(H,21,22)/b10-4+. The molecule has 0 unspecified atom stereocenters. The van der Waals surface area contributed by atoms with Gasteiger partial charge < -0.3 is 14.8 Å². The summed E-state index contributed by atoms with van der Waals surface area (Å²) in [4.78, 5) is 12.4.